The highest BCUT2D eigenvalue weighted by atomic mass is 16.6. The third-order valence-corrected chi connectivity index (χ3v) is 4.77. The second-order valence-electron chi connectivity index (χ2n) is 9.61. The lowest BCUT2D eigenvalue weighted by atomic mass is 9.94. The van der Waals surface area contributed by atoms with Gasteiger partial charge in [-0.05, 0) is 26.3 Å². The Morgan fingerprint density at radius 3 is 2.45 bits per heavy atom. The number of carbonyl (C=O) groups excluding carboxylic acids is 1. The molecule has 2 aromatic rings. The van der Waals surface area contributed by atoms with Crippen molar-refractivity contribution in [2.45, 2.75) is 77.7 Å². The van der Waals surface area contributed by atoms with Gasteiger partial charge in [-0.25, -0.2) is 9.78 Å². The van der Waals surface area contributed by atoms with Crippen LogP contribution in [-0.2, 0) is 21.5 Å². The van der Waals surface area contributed by atoms with Crippen LogP contribution in [0.3, 0.4) is 0 Å². The number of likely N-dealkylation sites (tertiary alicyclic amines) is 1. The SMILES string of the molecule is CC(C)(C)O[C@@H]1C[C@@H](c2ncc(C(C)(C)C)o2)N(C(=O)OCc2ccccc2)C1. The fourth-order valence-electron chi connectivity index (χ4n) is 3.41. The lowest BCUT2D eigenvalue weighted by molar-refractivity contribution is -0.0540. The molecule has 0 unspecified atom stereocenters. The van der Waals surface area contributed by atoms with E-state index >= 15 is 0 Å². The van der Waals surface area contributed by atoms with Crippen molar-refractivity contribution in [1.82, 2.24) is 9.88 Å². The van der Waals surface area contributed by atoms with Gasteiger partial charge < -0.3 is 13.9 Å². The monoisotopic (exact) mass is 400 g/mol. The number of amides is 1. The second kappa shape index (κ2) is 8.19. The quantitative estimate of drug-likeness (QED) is 0.702. The number of ether oxygens (including phenoxy) is 2. The predicted molar refractivity (Wildman–Crippen MR) is 111 cm³/mol. The fourth-order valence-corrected chi connectivity index (χ4v) is 3.41. The highest BCUT2D eigenvalue weighted by molar-refractivity contribution is 5.68. The standard InChI is InChI=1S/C23H32N2O4/c1-22(2,3)19-13-24-20(28-19)18-12-17(29-23(4,5)6)14-25(18)21(26)27-15-16-10-8-7-9-11-16/h7-11,13,17-18H,12,14-15H2,1-6H3/t17-,18+/m1/s1. The molecule has 29 heavy (non-hydrogen) atoms. The smallest absolute Gasteiger partial charge is 0.410 e. The molecule has 0 aliphatic carbocycles. The lowest BCUT2D eigenvalue weighted by Crippen LogP contribution is -2.34. The van der Waals surface area contributed by atoms with Crippen molar-refractivity contribution in [2.24, 2.45) is 0 Å². The van der Waals surface area contributed by atoms with E-state index in [9.17, 15) is 4.79 Å². The van der Waals surface area contributed by atoms with Gasteiger partial charge in [0.05, 0.1) is 24.4 Å². The number of oxazole rings is 1. The van der Waals surface area contributed by atoms with Crippen LogP contribution in [0, 0.1) is 0 Å². The van der Waals surface area contributed by atoms with Gasteiger partial charge in [-0.2, -0.15) is 0 Å². The van der Waals surface area contributed by atoms with Crippen molar-refractivity contribution in [3.05, 3.63) is 53.7 Å². The zero-order valence-electron chi connectivity index (χ0n) is 18.3. The van der Waals surface area contributed by atoms with Crippen molar-refractivity contribution >= 4 is 6.09 Å². The van der Waals surface area contributed by atoms with E-state index < -0.39 is 0 Å². The highest BCUT2D eigenvalue weighted by Gasteiger charge is 2.42. The van der Waals surface area contributed by atoms with Crippen molar-refractivity contribution in [3.8, 4) is 0 Å². The Labute approximate surface area is 173 Å². The molecule has 1 fully saturated rings. The Bertz CT molecular complexity index is 817. The maximum atomic E-state index is 12.9. The number of carbonyl (C=O) groups is 1. The molecule has 3 rings (SSSR count). The van der Waals surface area contributed by atoms with Gasteiger partial charge in [0.25, 0.3) is 0 Å². The maximum absolute atomic E-state index is 12.9. The van der Waals surface area contributed by atoms with Crippen molar-refractivity contribution < 1.29 is 18.7 Å². The summed E-state index contributed by atoms with van der Waals surface area (Å²) in [5.41, 5.74) is 0.501. The van der Waals surface area contributed by atoms with E-state index in [0.29, 0.717) is 18.9 Å². The number of benzene rings is 1. The number of nitrogens with zero attached hydrogens (tertiary/aromatic N) is 2. The molecule has 158 valence electrons. The number of hydrogen-bond donors (Lipinski definition) is 0. The van der Waals surface area contributed by atoms with Crippen LogP contribution in [0.4, 0.5) is 4.79 Å². The van der Waals surface area contributed by atoms with Crippen LogP contribution in [0.1, 0.15) is 71.2 Å². The van der Waals surface area contributed by atoms with E-state index in [1.807, 2.05) is 51.1 Å². The van der Waals surface area contributed by atoms with Gasteiger partial charge in [-0.3, -0.25) is 4.90 Å². The Morgan fingerprint density at radius 2 is 1.86 bits per heavy atom. The summed E-state index contributed by atoms with van der Waals surface area (Å²) < 4.78 is 17.8. The van der Waals surface area contributed by atoms with Crippen LogP contribution < -0.4 is 0 Å². The van der Waals surface area contributed by atoms with Gasteiger partial charge in [0.15, 0.2) is 0 Å². The van der Waals surface area contributed by atoms with Crippen molar-refractivity contribution in [1.29, 1.82) is 0 Å². The molecule has 1 aromatic heterocycles. The van der Waals surface area contributed by atoms with Gasteiger partial charge >= 0.3 is 6.09 Å². The molecule has 2 atom stereocenters. The minimum atomic E-state index is -0.380. The van der Waals surface area contributed by atoms with Crippen LogP contribution in [0.25, 0.3) is 0 Å². The molecule has 6 heteroatoms. The maximum Gasteiger partial charge on any atom is 0.410 e. The average molecular weight is 401 g/mol. The largest absolute Gasteiger partial charge is 0.445 e. The van der Waals surface area contributed by atoms with E-state index in [0.717, 1.165) is 11.3 Å². The first-order valence-electron chi connectivity index (χ1n) is 10.1. The van der Waals surface area contributed by atoms with Crippen molar-refractivity contribution in [3.63, 3.8) is 0 Å². The molecule has 2 heterocycles. The summed E-state index contributed by atoms with van der Waals surface area (Å²) in [7, 11) is 0. The summed E-state index contributed by atoms with van der Waals surface area (Å²) >= 11 is 0. The second-order valence-corrected chi connectivity index (χ2v) is 9.61. The number of rotatable bonds is 4. The molecule has 0 N–H and O–H groups in total. The molecule has 0 bridgehead atoms. The topological polar surface area (TPSA) is 64.8 Å². The summed E-state index contributed by atoms with van der Waals surface area (Å²) in [5, 5.41) is 0. The van der Waals surface area contributed by atoms with Gasteiger partial charge in [-0.15, -0.1) is 0 Å². The Kier molecular flexibility index (Phi) is 6.03. The predicted octanol–water partition coefficient (Wildman–Crippen LogP) is 5.24. The van der Waals surface area contributed by atoms with E-state index in [1.165, 1.54) is 0 Å². The fraction of sp³-hybridized carbons (Fsp3) is 0.565. The van der Waals surface area contributed by atoms with Crippen LogP contribution >= 0.6 is 0 Å². The van der Waals surface area contributed by atoms with E-state index in [1.54, 1.807) is 11.1 Å². The molecule has 6 nitrogen and oxygen atoms in total. The molecule has 1 amide bonds. The lowest BCUT2D eigenvalue weighted by Gasteiger charge is -2.24. The zero-order chi connectivity index (χ0) is 21.2. The third kappa shape index (κ3) is 5.60. The summed E-state index contributed by atoms with van der Waals surface area (Å²) in [6.45, 7) is 12.9. The van der Waals surface area contributed by atoms with Gasteiger partial charge in [0, 0.05) is 11.8 Å². The molecule has 0 spiro atoms. The van der Waals surface area contributed by atoms with Gasteiger partial charge in [0.2, 0.25) is 5.89 Å². The third-order valence-electron chi connectivity index (χ3n) is 4.77. The normalized spacial score (nSPS) is 20.1. The summed E-state index contributed by atoms with van der Waals surface area (Å²) in [5.74, 6) is 1.33. The summed E-state index contributed by atoms with van der Waals surface area (Å²) in [6.07, 6.45) is 1.89. The Balaban J connectivity index is 1.77. The Morgan fingerprint density at radius 1 is 1.17 bits per heavy atom. The van der Waals surface area contributed by atoms with Crippen LogP contribution in [0.2, 0.25) is 0 Å². The van der Waals surface area contributed by atoms with Crippen LogP contribution in [0.5, 0.6) is 0 Å². The molecule has 1 aliphatic heterocycles. The molecule has 1 aromatic carbocycles. The first-order valence-corrected chi connectivity index (χ1v) is 10.1. The molecular weight excluding hydrogens is 368 g/mol. The highest BCUT2D eigenvalue weighted by Crippen LogP contribution is 2.36. The number of aromatic nitrogens is 1. The molecule has 1 saturated heterocycles. The van der Waals surface area contributed by atoms with Crippen LogP contribution in [0.15, 0.2) is 40.9 Å². The molecule has 0 radical (unpaired) electrons. The van der Waals surface area contributed by atoms with Crippen LogP contribution in [-0.4, -0.2) is 34.2 Å². The Hall–Kier alpha value is -2.34. The van der Waals surface area contributed by atoms with Gasteiger partial charge in [0.1, 0.15) is 18.4 Å². The van der Waals surface area contributed by atoms with E-state index in [-0.39, 0.29) is 35.9 Å². The molecule has 0 saturated carbocycles. The zero-order valence-corrected chi connectivity index (χ0v) is 18.3. The summed E-state index contributed by atoms with van der Waals surface area (Å²) in [6, 6.07) is 9.35. The minimum absolute atomic E-state index is 0.103. The first kappa shape index (κ1) is 21.4. The molecule has 1 aliphatic rings. The van der Waals surface area contributed by atoms with E-state index in [4.69, 9.17) is 13.9 Å². The van der Waals surface area contributed by atoms with Gasteiger partial charge in [-0.1, -0.05) is 51.1 Å². The average Bonchev–Trinajstić information content (AvgIpc) is 3.26. The molecular formula is C23H32N2O4. The first-order chi connectivity index (χ1) is 13.5. The minimum Gasteiger partial charge on any atom is -0.445 e. The van der Waals surface area contributed by atoms with E-state index in [2.05, 4.69) is 25.8 Å². The summed E-state index contributed by atoms with van der Waals surface area (Å²) in [4.78, 5) is 19.0. The number of hydrogen-bond acceptors (Lipinski definition) is 5. The van der Waals surface area contributed by atoms with Crippen molar-refractivity contribution in [2.75, 3.05) is 6.54 Å².